The molecule has 0 unspecified atom stereocenters. The molecule has 1 aromatic rings. The Morgan fingerprint density at radius 3 is 2.48 bits per heavy atom. The molecule has 0 saturated heterocycles. The topological polar surface area (TPSA) is 125 Å². The first-order valence-corrected chi connectivity index (χ1v) is 10.3. The SMILES string of the molecule is CCOP(C/C=C/COc1cc(NC(=O)/C(C#N)=C(\C)O)ccc1C#N)OCC. The van der Waals surface area contributed by atoms with Crippen molar-refractivity contribution in [1.29, 1.82) is 10.5 Å². The number of benzene rings is 1. The lowest BCUT2D eigenvalue weighted by Gasteiger charge is -2.13. The quantitative estimate of drug-likeness (QED) is 0.182. The van der Waals surface area contributed by atoms with E-state index in [0.29, 0.717) is 30.6 Å². The molecular weight excluding hydrogens is 393 g/mol. The van der Waals surface area contributed by atoms with Crippen LogP contribution in [0.2, 0.25) is 0 Å². The molecule has 0 radical (unpaired) electrons. The summed E-state index contributed by atoms with van der Waals surface area (Å²) in [6, 6.07) is 8.16. The number of rotatable bonds is 11. The van der Waals surface area contributed by atoms with E-state index in [1.54, 1.807) is 12.1 Å². The maximum atomic E-state index is 12.0. The molecule has 0 saturated carbocycles. The Morgan fingerprint density at radius 1 is 1.24 bits per heavy atom. The molecule has 0 heterocycles. The summed E-state index contributed by atoms with van der Waals surface area (Å²) in [7, 11) is -0.963. The van der Waals surface area contributed by atoms with Crippen molar-refractivity contribution in [2.24, 2.45) is 0 Å². The third-order valence-electron chi connectivity index (χ3n) is 3.36. The van der Waals surface area contributed by atoms with Crippen molar-refractivity contribution >= 4 is 20.0 Å². The lowest BCUT2D eigenvalue weighted by atomic mass is 10.2. The molecule has 8 nitrogen and oxygen atoms in total. The largest absolute Gasteiger partial charge is 0.511 e. The molecule has 1 amide bonds. The van der Waals surface area contributed by atoms with Gasteiger partial charge < -0.3 is 24.2 Å². The fourth-order valence-electron chi connectivity index (χ4n) is 2.10. The second-order valence-corrected chi connectivity index (χ2v) is 7.03. The summed E-state index contributed by atoms with van der Waals surface area (Å²) >= 11 is 0. The van der Waals surface area contributed by atoms with Crippen LogP contribution in [-0.4, -0.2) is 37.0 Å². The Labute approximate surface area is 171 Å². The van der Waals surface area contributed by atoms with Crippen LogP contribution < -0.4 is 10.1 Å². The number of carbonyl (C=O) groups excluding carboxylic acids is 1. The monoisotopic (exact) mass is 417 g/mol. The molecule has 29 heavy (non-hydrogen) atoms. The Balaban J connectivity index is 2.77. The summed E-state index contributed by atoms with van der Waals surface area (Å²) in [4.78, 5) is 12.0. The minimum atomic E-state index is -0.963. The average Bonchev–Trinajstić information content (AvgIpc) is 2.68. The highest BCUT2D eigenvalue weighted by molar-refractivity contribution is 7.47. The number of amides is 1. The molecule has 0 aliphatic heterocycles. The molecule has 0 fully saturated rings. The Kier molecular flexibility index (Phi) is 11.1. The van der Waals surface area contributed by atoms with Crippen molar-refractivity contribution in [2.75, 3.05) is 31.3 Å². The number of ether oxygens (including phenoxy) is 1. The van der Waals surface area contributed by atoms with Crippen LogP contribution in [0.4, 0.5) is 5.69 Å². The number of nitrogens with one attached hydrogen (secondary N) is 1. The van der Waals surface area contributed by atoms with Crippen LogP contribution >= 0.6 is 8.38 Å². The summed E-state index contributed by atoms with van der Waals surface area (Å²) in [5, 5.41) is 30.0. The first-order valence-electron chi connectivity index (χ1n) is 8.93. The molecule has 1 aromatic carbocycles. The van der Waals surface area contributed by atoms with E-state index in [2.05, 4.69) is 5.32 Å². The fourth-order valence-corrected chi connectivity index (χ4v) is 3.28. The van der Waals surface area contributed by atoms with Crippen LogP contribution in [0.15, 0.2) is 41.7 Å². The first-order chi connectivity index (χ1) is 14.0. The van der Waals surface area contributed by atoms with Gasteiger partial charge in [-0.2, -0.15) is 10.5 Å². The molecule has 0 atom stereocenters. The van der Waals surface area contributed by atoms with Gasteiger partial charge in [0.15, 0.2) is 13.9 Å². The fraction of sp³-hybridized carbons (Fsp3) is 0.350. The maximum absolute atomic E-state index is 12.0. The summed E-state index contributed by atoms with van der Waals surface area (Å²) < 4.78 is 16.6. The number of hydrogen-bond donors (Lipinski definition) is 2. The molecular formula is C20H24N3O5P. The summed E-state index contributed by atoms with van der Waals surface area (Å²) in [5.41, 5.74) is 0.245. The standard InChI is InChI=1S/C20H24N3O5P/c1-4-27-29(28-5-2)11-7-6-10-26-19-12-17(9-8-16(19)13-21)23-20(25)18(14-22)15(3)24/h6-9,12,24H,4-5,10-11H2,1-3H3,(H,23,25)/b7-6+,18-15+. The van der Waals surface area contributed by atoms with Crippen molar-refractivity contribution in [1.82, 2.24) is 0 Å². The molecule has 2 N–H and O–H groups in total. The zero-order chi connectivity index (χ0) is 21.6. The maximum Gasteiger partial charge on any atom is 0.269 e. The smallest absolute Gasteiger partial charge is 0.269 e. The van der Waals surface area contributed by atoms with Gasteiger partial charge in [-0.1, -0.05) is 12.2 Å². The van der Waals surface area contributed by atoms with E-state index in [1.807, 2.05) is 26.0 Å². The number of anilines is 1. The average molecular weight is 417 g/mol. The van der Waals surface area contributed by atoms with Gasteiger partial charge >= 0.3 is 0 Å². The molecule has 0 aliphatic rings. The molecule has 0 spiro atoms. The summed E-state index contributed by atoms with van der Waals surface area (Å²) in [5.74, 6) is -0.836. The minimum absolute atomic E-state index is 0.215. The van der Waals surface area contributed by atoms with Crippen molar-refractivity contribution in [3.8, 4) is 17.9 Å². The van der Waals surface area contributed by atoms with E-state index in [1.165, 1.54) is 25.1 Å². The third kappa shape index (κ3) is 8.33. The van der Waals surface area contributed by atoms with Gasteiger partial charge in [-0.3, -0.25) is 4.79 Å². The predicted octanol–water partition coefficient (Wildman–Crippen LogP) is 4.17. The van der Waals surface area contributed by atoms with Crippen molar-refractivity contribution in [3.05, 3.63) is 47.2 Å². The summed E-state index contributed by atoms with van der Waals surface area (Å²) in [6.45, 7) is 6.45. The van der Waals surface area contributed by atoms with E-state index in [4.69, 9.17) is 19.0 Å². The van der Waals surface area contributed by atoms with E-state index < -0.39 is 14.3 Å². The zero-order valence-electron chi connectivity index (χ0n) is 16.6. The highest BCUT2D eigenvalue weighted by Gasteiger charge is 2.14. The molecule has 154 valence electrons. The van der Waals surface area contributed by atoms with Crippen LogP contribution in [0.5, 0.6) is 5.75 Å². The van der Waals surface area contributed by atoms with Gasteiger partial charge in [-0.15, -0.1) is 0 Å². The Morgan fingerprint density at radius 2 is 1.93 bits per heavy atom. The number of aliphatic hydroxyl groups excluding tert-OH is 1. The van der Waals surface area contributed by atoms with Gasteiger partial charge in [0.1, 0.15) is 30.3 Å². The van der Waals surface area contributed by atoms with Crippen molar-refractivity contribution < 1.29 is 23.7 Å². The molecule has 0 aromatic heterocycles. The number of hydrogen-bond acceptors (Lipinski definition) is 7. The van der Waals surface area contributed by atoms with Gasteiger partial charge in [0.2, 0.25) is 0 Å². The normalized spacial score (nSPS) is 11.7. The van der Waals surface area contributed by atoms with Crippen LogP contribution in [0.1, 0.15) is 26.3 Å². The van der Waals surface area contributed by atoms with Crippen LogP contribution in [0.3, 0.4) is 0 Å². The van der Waals surface area contributed by atoms with E-state index in [9.17, 15) is 15.2 Å². The van der Waals surface area contributed by atoms with Crippen LogP contribution in [0.25, 0.3) is 0 Å². The number of aliphatic hydroxyl groups is 1. The predicted molar refractivity (Wildman–Crippen MR) is 110 cm³/mol. The number of carbonyl (C=O) groups is 1. The van der Waals surface area contributed by atoms with E-state index >= 15 is 0 Å². The second kappa shape index (κ2) is 13.3. The highest BCUT2D eigenvalue weighted by Crippen LogP contribution is 2.37. The number of allylic oxidation sites excluding steroid dienone is 2. The van der Waals surface area contributed by atoms with E-state index in [-0.39, 0.29) is 23.7 Å². The third-order valence-corrected chi connectivity index (χ3v) is 4.96. The van der Waals surface area contributed by atoms with E-state index in [0.717, 1.165) is 0 Å². The molecule has 9 heteroatoms. The van der Waals surface area contributed by atoms with Crippen molar-refractivity contribution in [3.63, 3.8) is 0 Å². The lowest BCUT2D eigenvalue weighted by molar-refractivity contribution is -0.112. The van der Waals surface area contributed by atoms with Crippen molar-refractivity contribution in [2.45, 2.75) is 20.8 Å². The summed E-state index contributed by atoms with van der Waals surface area (Å²) in [6.07, 6.45) is 4.32. The second-order valence-electron chi connectivity index (χ2n) is 5.48. The lowest BCUT2D eigenvalue weighted by Crippen LogP contribution is -2.15. The van der Waals surface area contributed by atoms with Gasteiger partial charge in [0.25, 0.3) is 5.91 Å². The van der Waals surface area contributed by atoms with Crippen LogP contribution in [0, 0.1) is 22.7 Å². The molecule has 0 bridgehead atoms. The van der Waals surface area contributed by atoms with Gasteiger partial charge in [-0.25, -0.2) is 0 Å². The van der Waals surface area contributed by atoms with Crippen LogP contribution in [-0.2, 0) is 13.8 Å². The Hall–Kier alpha value is -2.90. The number of nitriles is 2. The van der Waals surface area contributed by atoms with Gasteiger partial charge in [-0.05, 0) is 32.9 Å². The molecule has 1 rings (SSSR count). The van der Waals surface area contributed by atoms with Gasteiger partial charge in [0, 0.05) is 17.9 Å². The highest BCUT2D eigenvalue weighted by atomic mass is 31.2. The minimum Gasteiger partial charge on any atom is -0.511 e. The van der Waals surface area contributed by atoms with Gasteiger partial charge in [0.05, 0.1) is 18.8 Å². The number of nitrogens with zero attached hydrogens (tertiary/aromatic N) is 2. The Bertz CT molecular complexity index is 829. The zero-order valence-corrected chi connectivity index (χ0v) is 17.5. The molecule has 0 aliphatic carbocycles. The first kappa shape index (κ1) is 24.1.